The normalized spacial score (nSPS) is 27.5. The van der Waals surface area contributed by atoms with Crippen molar-refractivity contribution < 1.29 is 9.13 Å². The van der Waals surface area contributed by atoms with E-state index >= 15 is 0 Å². The molecule has 0 spiro atoms. The highest BCUT2D eigenvalue weighted by Crippen LogP contribution is 2.33. The van der Waals surface area contributed by atoms with E-state index in [0.29, 0.717) is 17.9 Å². The smallest absolute Gasteiger partial charge is 0.148 e. The zero-order chi connectivity index (χ0) is 11.1. The predicted octanol–water partition coefficient (Wildman–Crippen LogP) is 1.84. The number of nitrogens with zero attached hydrogens (tertiary/aromatic N) is 1. The summed E-state index contributed by atoms with van der Waals surface area (Å²) >= 11 is 0. The highest BCUT2D eigenvalue weighted by atomic mass is 19.1. The van der Waals surface area contributed by atoms with Gasteiger partial charge in [0.1, 0.15) is 5.82 Å². The molecular formula is C12H15FN2O. The monoisotopic (exact) mass is 222 g/mol. The number of anilines is 2. The van der Waals surface area contributed by atoms with Crippen LogP contribution in [0.25, 0.3) is 0 Å². The molecule has 3 heterocycles. The van der Waals surface area contributed by atoms with Crippen LogP contribution in [0, 0.1) is 5.82 Å². The summed E-state index contributed by atoms with van der Waals surface area (Å²) < 4.78 is 19.4. The minimum atomic E-state index is -0.159. The SMILES string of the molecule is CNc1ccc(N2CC3CC(C2)O3)c(F)c1. The number of morpholine rings is 1. The highest BCUT2D eigenvalue weighted by molar-refractivity contribution is 5.56. The van der Waals surface area contributed by atoms with Gasteiger partial charge in [-0.1, -0.05) is 0 Å². The number of hydrogen-bond acceptors (Lipinski definition) is 3. The van der Waals surface area contributed by atoms with Gasteiger partial charge in [-0.2, -0.15) is 0 Å². The lowest BCUT2D eigenvalue weighted by atomic mass is 9.98. The van der Waals surface area contributed by atoms with E-state index in [-0.39, 0.29) is 5.82 Å². The van der Waals surface area contributed by atoms with Crippen LogP contribution in [0.2, 0.25) is 0 Å². The van der Waals surface area contributed by atoms with E-state index < -0.39 is 0 Å². The molecule has 2 bridgehead atoms. The number of ether oxygens (including phenoxy) is 1. The van der Waals surface area contributed by atoms with Crippen molar-refractivity contribution >= 4 is 11.4 Å². The van der Waals surface area contributed by atoms with Crippen molar-refractivity contribution in [3.05, 3.63) is 24.0 Å². The molecule has 1 N–H and O–H groups in total. The Morgan fingerprint density at radius 2 is 2.06 bits per heavy atom. The Kier molecular flexibility index (Phi) is 2.24. The topological polar surface area (TPSA) is 24.5 Å². The zero-order valence-corrected chi connectivity index (χ0v) is 9.24. The molecule has 4 rings (SSSR count). The first-order valence-corrected chi connectivity index (χ1v) is 5.64. The Labute approximate surface area is 94.2 Å². The summed E-state index contributed by atoms with van der Waals surface area (Å²) in [5, 5.41) is 2.93. The maximum Gasteiger partial charge on any atom is 0.148 e. The second-order valence-electron chi connectivity index (χ2n) is 4.44. The Morgan fingerprint density at radius 3 is 2.62 bits per heavy atom. The van der Waals surface area contributed by atoms with Gasteiger partial charge >= 0.3 is 0 Å². The molecule has 4 heteroatoms. The molecule has 0 radical (unpaired) electrons. The Morgan fingerprint density at radius 1 is 1.38 bits per heavy atom. The number of rotatable bonds is 2. The largest absolute Gasteiger partial charge is 0.388 e. The lowest BCUT2D eigenvalue weighted by molar-refractivity contribution is -0.133. The van der Waals surface area contributed by atoms with Crippen LogP contribution in [0.1, 0.15) is 6.42 Å². The van der Waals surface area contributed by atoms with Gasteiger partial charge in [0, 0.05) is 32.2 Å². The third kappa shape index (κ3) is 1.53. The molecule has 3 saturated heterocycles. The van der Waals surface area contributed by atoms with Gasteiger partial charge in [-0.25, -0.2) is 4.39 Å². The maximum atomic E-state index is 13.8. The summed E-state index contributed by atoms with van der Waals surface area (Å²) in [6.07, 6.45) is 1.75. The fourth-order valence-corrected chi connectivity index (χ4v) is 2.47. The minimum Gasteiger partial charge on any atom is -0.388 e. The van der Waals surface area contributed by atoms with E-state index in [1.807, 2.05) is 12.1 Å². The fourth-order valence-electron chi connectivity index (χ4n) is 2.47. The van der Waals surface area contributed by atoms with Gasteiger partial charge in [-0.15, -0.1) is 0 Å². The van der Waals surface area contributed by atoms with E-state index in [9.17, 15) is 4.39 Å². The van der Waals surface area contributed by atoms with Crippen LogP contribution in [0.3, 0.4) is 0 Å². The van der Waals surface area contributed by atoms with Crippen LogP contribution in [0.5, 0.6) is 0 Å². The quantitative estimate of drug-likeness (QED) is 0.826. The summed E-state index contributed by atoms with van der Waals surface area (Å²) in [5.41, 5.74) is 1.50. The molecule has 3 aliphatic heterocycles. The molecule has 2 atom stereocenters. The van der Waals surface area contributed by atoms with Crippen molar-refractivity contribution in [2.75, 3.05) is 30.4 Å². The van der Waals surface area contributed by atoms with Gasteiger partial charge in [0.05, 0.1) is 17.9 Å². The summed E-state index contributed by atoms with van der Waals surface area (Å²) in [4.78, 5) is 2.08. The molecule has 0 aromatic heterocycles. The van der Waals surface area contributed by atoms with E-state index in [0.717, 1.165) is 25.2 Å². The third-order valence-corrected chi connectivity index (χ3v) is 3.34. The van der Waals surface area contributed by atoms with E-state index in [2.05, 4.69) is 10.2 Å². The summed E-state index contributed by atoms with van der Waals surface area (Å²) in [5.74, 6) is -0.159. The molecule has 3 aliphatic rings. The molecular weight excluding hydrogens is 207 g/mol. The van der Waals surface area contributed by atoms with Crippen molar-refractivity contribution in [2.24, 2.45) is 0 Å². The Balaban J connectivity index is 1.83. The van der Waals surface area contributed by atoms with Crippen molar-refractivity contribution in [1.29, 1.82) is 0 Å². The average molecular weight is 222 g/mol. The third-order valence-electron chi connectivity index (χ3n) is 3.34. The Hall–Kier alpha value is -1.29. The molecule has 0 aliphatic carbocycles. The molecule has 3 nitrogen and oxygen atoms in total. The molecule has 0 saturated carbocycles. The average Bonchev–Trinajstić information content (AvgIpc) is 2.28. The van der Waals surface area contributed by atoms with Gasteiger partial charge in [0.15, 0.2) is 0 Å². The van der Waals surface area contributed by atoms with Crippen LogP contribution < -0.4 is 10.2 Å². The highest BCUT2D eigenvalue weighted by Gasteiger charge is 2.38. The lowest BCUT2D eigenvalue weighted by Crippen LogP contribution is -2.57. The number of hydrogen-bond donors (Lipinski definition) is 1. The lowest BCUT2D eigenvalue weighted by Gasteiger charge is -2.48. The van der Waals surface area contributed by atoms with Crippen molar-refractivity contribution in [1.82, 2.24) is 0 Å². The second-order valence-corrected chi connectivity index (χ2v) is 4.44. The molecule has 1 aromatic rings. The summed E-state index contributed by atoms with van der Waals surface area (Å²) in [6.45, 7) is 1.62. The van der Waals surface area contributed by atoms with Crippen molar-refractivity contribution in [3.63, 3.8) is 0 Å². The summed E-state index contributed by atoms with van der Waals surface area (Å²) in [7, 11) is 1.79. The first-order chi connectivity index (χ1) is 7.76. The standard InChI is InChI=1S/C12H15FN2O/c1-14-8-2-3-12(11(13)4-8)15-6-9-5-10(7-15)16-9/h2-4,9-10,14H,5-7H2,1H3. The number of fused-ring (bicyclic) bond motifs is 2. The van der Waals surface area contributed by atoms with Gasteiger partial charge in [-0.05, 0) is 18.2 Å². The van der Waals surface area contributed by atoms with Crippen LogP contribution in [-0.2, 0) is 4.74 Å². The van der Waals surface area contributed by atoms with Crippen LogP contribution >= 0.6 is 0 Å². The first-order valence-electron chi connectivity index (χ1n) is 5.64. The molecule has 86 valence electrons. The second kappa shape index (κ2) is 3.63. The number of benzene rings is 1. The van der Waals surface area contributed by atoms with Crippen molar-refractivity contribution in [2.45, 2.75) is 18.6 Å². The van der Waals surface area contributed by atoms with E-state index in [1.165, 1.54) is 6.07 Å². The van der Waals surface area contributed by atoms with Gasteiger partial charge in [-0.3, -0.25) is 0 Å². The van der Waals surface area contributed by atoms with Crippen LogP contribution in [0.15, 0.2) is 18.2 Å². The van der Waals surface area contributed by atoms with Gasteiger partial charge < -0.3 is 15.0 Å². The van der Waals surface area contributed by atoms with E-state index in [1.54, 1.807) is 7.05 Å². The van der Waals surface area contributed by atoms with Crippen molar-refractivity contribution in [3.8, 4) is 0 Å². The molecule has 2 unspecified atom stereocenters. The van der Waals surface area contributed by atoms with Crippen LogP contribution in [0.4, 0.5) is 15.8 Å². The first kappa shape index (κ1) is 9.90. The Bertz CT molecular complexity index is 394. The molecule has 1 aromatic carbocycles. The summed E-state index contributed by atoms with van der Waals surface area (Å²) in [6, 6.07) is 5.28. The fraction of sp³-hybridized carbons (Fsp3) is 0.500. The minimum absolute atomic E-state index is 0.159. The molecule has 0 amide bonds. The van der Waals surface area contributed by atoms with Gasteiger partial charge in [0.2, 0.25) is 0 Å². The number of halogens is 1. The number of nitrogens with one attached hydrogen (secondary N) is 1. The predicted molar refractivity (Wildman–Crippen MR) is 61.4 cm³/mol. The number of piperidine rings is 1. The maximum absolute atomic E-state index is 13.8. The molecule has 16 heavy (non-hydrogen) atoms. The van der Waals surface area contributed by atoms with Gasteiger partial charge in [0.25, 0.3) is 0 Å². The van der Waals surface area contributed by atoms with E-state index in [4.69, 9.17) is 4.74 Å². The molecule has 3 fully saturated rings. The van der Waals surface area contributed by atoms with Crippen LogP contribution in [-0.4, -0.2) is 32.3 Å². The zero-order valence-electron chi connectivity index (χ0n) is 9.24.